The van der Waals surface area contributed by atoms with Crippen LogP contribution in [-0.4, -0.2) is 182 Å². The molecule has 5 N–H and O–H groups in total. The predicted molar refractivity (Wildman–Crippen MR) is 468 cm³/mol. The van der Waals surface area contributed by atoms with Crippen LogP contribution in [0.25, 0.3) is 0 Å². The minimum absolute atomic E-state index is 0.00849. The average molecular weight is 1840 g/mol. The van der Waals surface area contributed by atoms with Crippen molar-refractivity contribution in [1.82, 2.24) is 19.6 Å². The number of benzene rings is 8. The summed E-state index contributed by atoms with van der Waals surface area (Å²) in [4.78, 5) is 44.5. The fourth-order valence-corrected chi connectivity index (χ4v) is 17.6. The molecule has 0 radical (unpaired) electrons. The van der Waals surface area contributed by atoms with Gasteiger partial charge in [-0.05, 0) is 183 Å². The maximum Gasteiger partial charge on any atom is 0.248 e. The quantitative estimate of drug-likeness (QED) is 0.0487. The highest BCUT2D eigenvalue weighted by Gasteiger charge is 2.35. The van der Waals surface area contributed by atoms with E-state index in [-0.39, 0.29) is 44.5 Å². The van der Waals surface area contributed by atoms with Crippen molar-refractivity contribution in [3.05, 3.63) is 197 Å². The summed E-state index contributed by atoms with van der Waals surface area (Å²) in [5.41, 5.74) is 19.8. The number of hydrogen-bond donors (Lipinski definition) is 3. The van der Waals surface area contributed by atoms with Crippen molar-refractivity contribution >= 4 is 207 Å². The fourth-order valence-electron chi connectivity index (χ4n) is 11.9. The fraction of sp³-hybridized carbons (Fsp3) is 0.273. The lowest BCUT2D eigenvalue weighted by molar-refractivity contribution is 0.476. The molecule has 16 rings (SSSR count). The Labute approximate surface area is 700 Å². The number of amidine groups is 4. The molecule has 37 heteroatoms. The lowest BCUT2D eigenvalue weighted by atomic mass is 10.1. The molecule has 0 aromatic heterocycles. The third kappa shape index (κ3) is 21.3. The highest BCUT2D eigenvalue weighted by atomic mass is 127. The first-order chi connectivity index (χ1) is 54.5. The number of aromatic hydroxyl groups is 1. The Kier molecular flexibility index (Phi) is 28.7. The van der Waals surface area contributed by atoms with Crippen molar-refractivity contribution in [2.75, 3.05) is 90.5 Å². The van der Waals surface area contributed by atoms with Crippen LogP contribution in [0.3, 0.4) is 0 Å². The minimum Gasteiger partial charge on any atom is -0.506 e. The van der Waals surface area contributed by atoms with Crippen molar-refractivity contribution in [2.24, 2.45) is 39.9 Å². The zero-order valence-electron chi connectivity index (χ0n) is 62.0. The van der Waals surface area contributed by atoms with Crippen molar-refractivity contribution in [3.8, 4) is 40.2 Å². The van der Waals surface area contributed by atoms with E-state index < -0.39 is 50.4 Å². The number of sulfone groups is 1. The van der Waals surface area contributed by atoms with Crippen LogP contribution in [0, 0.1) is 3.57 Å². The Morgan fingerprint density at radius 1 is 0.439 bits per heavy atom. The van der Waals surface area contributed by atoms with E-state index in [0.717, 1.165) is 141 Å². The number of fused-ring (bicyclic) bond motifs is 12. The van der Waals surface area contributed by atoms with Crippen LogP contribution in [0.15, 0.2) is 186 Å². The van der Waals surface area contributed by atoms with Gasteiger partial charge in [0.25, 0.3) is 0 Å². The molecule has 0 spiro atoms. The smallest absolute Gasteiger partial charge is 0.248 e. The van der Waals surface area contributed by atoms with E-state index in [0.29, 0.717) is 59.4 Å². The second-order valence-electron chi connectivity index (χ2n) is 25.7. The van der Waals surface area contributed by atoms with Gasteiger partial charge in [0.15, 0.2) is 9.84 Å². The number of nitrogens with zero attached hydrogens (tertiary/aromatic N) is 13. The van der Waals surface area contributed by atoms with Crippen LogP contribution in [0.4, 0.5) is 39.8 Å². The number of ether oxygens (including phenoxy) is 3. The van der Waals surface area contributed by atoms with E-state index in [9.17, 15) is 33.7 Å². The lowest BCUT2D eigenvalue weighted by Gasteiger charge is -2.29. The van der Waals surface area contributed by atoms with Crippen LogP contribution in [0.1, 0.15) is 81.2 Å². The number of nitrogen functional groups attached to an aromatic ring is 2. The van der Waals surface area contributed by atoms with E-state index in [2.05, 4.69) is 101 Å². The highest BCUT2D eigenvalue weighted by Crippen LogP contribution is 2.43. The van der Waals surface area contributed by atoms with Gasteiger partial charge in [0.2, 0.25) is 29.1 Å². The molecule has 8 aliphatic heterocycles. The molecular formula is C77H79Cl5IN15O12S4. The van der Waals surface area contributed by atoms with Crippen LogP contribution in [0.2, 0.25) is 20.1 Å². The van der Waals surface area contributed by atoms with Gasteiger partial charge in [-0.3, -0.25) is 20.0 Å². The van der Waals surface area contributed by atoms with Crippen molar-refractivity contribution in [2.45, 2.75) is 59.1 Å². The van der Waals surface area contributed by atoms with Gasteiger partial charge < -0.3 is 50.4 Å². The van der Waals surface area contributed by atoms with Gasteiger partial charge in [-0.1, -0.05) is 90.6 Å². The van der Waals surface area contributed by atoms with Gasteiger partial charge in [-0.2, -0.15) is 3.71 Å². The Bertz CT molecular complexity index is 5650. The monoisotopic (exact) mass is 1840 g/mol. The van der Waals surface area contributed by atoms with Gasteiger partial charge in [-0.25, -0.2) is 53.6 Å². The van der Waals surface area contributed by atoms with Crippen LogP contribution in [0.5, 0.6) is 40.2 Å². The first kappa shape index (κ1) is 85.8. The summed E-state index contributed by atoms with van der Waals surface area (Å²) in [5, 5.41) is 9.71. The molecule has 600 valence electrons. The largest absolute Gasteiger partial charge is 0.506 e. The summed E-state index contributed by atoms with van der Waals surface area (Å²) < 4.78 is 113. The summed E-state index contributed by atoms with van der Waals surface area (Å²) in [7, 11) is -9.99. The Balaban J connectivity index is 0.000000144. The summed E-state index contributed by atoms with van der Waals surface area (Å²) in [5.74, 6) is 5.73. The Morgan fingerprint density at radius 2 is 0.789 bits per heavy atom. The number of halogens is 6. The van der Waals surface area contributed by atoms with E-state index >= 15 is 0 Å². The summed E-state index contributed by atoms with van der Waals surface area (Å²) in [6, 6.07) is 42.6. The third-order valence-electron chi connectivity index (χ3n) is 17.8. The second-order valence-corrected chi connectivity index (χ2v) is 38.3. The first-order valence-electron chi connectivity index (χ1n) is 35.9. The minimum atomic E-state index is -4.15. The molecule has 0 amide bonds. The topological polar surface area (TPSA) is 352 Å². The van der Waals surface area contributed by atoms with Crippen LogP contribution in [-0.2, 0) is 44.7 Å². The van der Waals surface area contributed by atoms with Gasteiger partial charge in [0.05, 0.1) is 93.2 Å². The molecule has 8 heterocycles. The molecule has 0 atom stereocenters. The van der Waals surface area contributed by atoms with Gasteiger partial charge in [0, 0.05) is 94.6 Å². The SMILES string of the molecule is CCS(=O)(=O)Cc1cccc(Oc2ccc3c(c2)C2=NCCCN2C=N3)c1Cl.CCS(=O)(=O)Cl.CCS(=O)(=O)N(c1cccc(Oc2ccc3c(c2)C2=NCCCN2C=N3)c1Cl)S(=O)(=O)CC.Ic1ccc2c(c1)C1=NCCCN1C=N2.Nc1cccc(O)c1Cl.Nc1cccc(Oc2ccc3c(c2)C2=NCCCN2C=N3)c1Cl. The molecule has 0 saturated heterocycles. The van der Waals surface area contributed by atoms with Gasteiger partial charge in [0.1, 0.15) is 78.7 Å². The lowest BCUT2D eigenvalue weighted by Crippen LogP contribution is -2.39. The summed E-state index contributed by atoms with van der Waals surface area (Å²) in [6.45, 7) is 12.8. The number of anilines is 3. The highest BCUT2D eigenvalue weighted by molar-refractivity contribution is 14.1. The van der Waals surface area contributed by atoms with E-state index in [1.165, 1.54) is 48.1 Å². The molecule has 27 nitrogen and oxygen atoms in total. The standard InChI is InChI=1S/C21H23ClN4O5S2.C20H20ClN3O3S.C17H15ClN4O.C11H10IN3.C6H6ClNO.C2H5ClO2S/c1-3-32(27,28)26(33(29,30)4-2)18-7-5-8-19(20(18)22)31-15-9-10-17-16(13-15)21-23-11-6-12-25(21)14-24-17;1-2-28(25,26)12-14-5-3-6-18(19(14)21)27-15-7-8-17-16(11-15)20-22-9-4-10-24(20)13-23-17;18-16-13(19)3-1-4-15(16)23-11-5-6-14-12(9-11)17-20-7-2-8-22(17)10-21-14;12-8-2-3-10-9(6-8)11-13-4-1-5-15(11)7-14-10;7-6-4(8)2-1-3-5(6)9;1-2-6(3,4)5/h5,7-10,13-14H,3-4,6,11-12H2,1-2H3;3,5-8,11,13H,2,4,9-10,12H2,1H3;1,3-6,9-10H,2,7-8,19H2;2-3,6-7H,1,4-5H2;1-3,9H,8H2;2H2,1H3. The molecule has 0 bridgehead atoms. The predicted octanol–water partition coefficient (Wildman–Crippen LogP) is 16.4. The number of sulfonamides is 2. The zero-order chi connectivity index (χ0) is 81.7. The molecule has 0 saturated carbocycles. The average Bonchev–Trinajstić information content (AvgIpc) is 0.759. The number of hydrogen-bond acceptors (Lipinski definition) is 26. The van der Waals surface area contributed by atoms with Gasteiger partial charge in [-0.15, -0.1) is 0 Å². The van der Waals surface area contributed by atoms with Crippen LogP contribution >= 0.6 is 79.7 Å². The maximum absolute atomic E-state index is 12.6. The third-order valence-corrected chi connectivity index (χ3v) is 27.3. The van der Waals surface area contributed by atoms with Crippen LogP contribution < -0.4 is 29.4 Å². The number of nitrogens with two attached hydrogens (primary N) is 2. The molecular weight excluding hydrogens is 1760 g/mol. The van der Waals surface area contributed by atoms with E-state index in [4.69, 9.17) is 77.2 Å². The summed E-state index contributed by atoms with van der Waals surface area (Å²) >= 11 is 26.9. The molecule has 8 aromatic carbocycles. The van der Waals surface area contributed by atoms with E-state index in [1.54, 1.807) is 80.0 Å². The number of rotatable bonds is 15. The summed E-state index contributed by atoms with van der Waals surface area (Å²) in [6.07, 6.45) is 11.4. The first-order valence-corrected chi connectivity index (χ1v) is 46.0. The van der Waals surface area contributed by atoms with Crippen molar-refractivity contribution in [1.29, 1.82) is 0 Å². The molecule has 0 unspecified atom stereocenters. The van der Waals surface area contributed by atoms with Crippen molar-refractivity contribution < 1.29 is 53.0 Å². The number of phenols is 1. The number of phenolic OH excluding ortho intramolecular Hbond substituents is 1. The van der Waals surface area contributed by atoms with Crippen molar-refractivity contribution in [3.63, 3.8) is 0 Å². The molecule has 0 aliphatic carbocycles. The Hall–Kier alpha value is -9.10. The number of aliphatic imine (C=N–C) groups is 8. The molecule has 8 aromatic rings. The second kappa shape index (κ2) is 38.1. The zero-order valence-corrected chi connectivity index (χ0v) is 71.2. The van der Waals surface area contributed by atoms with E-state index in [1.807, 2.05) is 71.3 Å². The maximum atomic E-state index is 12.6. The van der Waals surface area contributed by atoms with Gasteiger partial charge >= 0.3 is 0 Å². The molecule has 8 aliphatic rings. The molecule has 0 fully saturated rings. The molecule has 114 heavy (non-hydrogen) atoms. The Morgan fingerprint density at radius 3 is 1.17 bits per heavy atom. The normalized spacial score (nSPS) is 15.2.